The maximum absolute atomic E-state index is 10.7. The number of rotatable bonds is 7. The van der Waals surface area contributed by atoms with Crippen molar-refractivity contribution in [1.82, 2.24) is 5.32 Å². The molecule has 0 radical (unpaired) electrons. The average molecular weight is 229 g/mol. The van der Waals surface area contributed by atoms with Crippen molar-refractivity contribution in [2.24, 2.45) is 0 Å². The topological polar surface area (TPSA) is 29.1 Å². The van der Waals surface area contributed by atoms with Crippen molar-refractivity contribution in [1.29, 1.82) is 0 Å². The predicted octanol–water partition coefficient (Wildman–Crippen LogP) is 4.31. The van der Waals surface area contributed by atoms with E-state index in [4.69, 9.17) is 0 Å². The van der Waals surface area contributed by atoms with Crippen LogP contribution in [0.4, 0.5) is 0 Å². The highest BCUT2D eigenvalue weighted by Gasteiger charge is 1.94. The van der Waals surface area contributed by atoms with Gasteiger partial charge in [-0.3, -0.25) is 4.79 Å². The maximum Gasteiger partial charge on any atom is 0.219 e. The van der Waals surface area contributed by atoms with Gasteiger partial charge in [0.25, 0.3) is 0 Å². The third-order valence-electron chi connectivity index (χ3n) is 2.23. The highest BCUT2D eigenvalue weighted by Crippen LogP contribution is 2.03. The van der Waals surface area contributed by atoms with E-state index < -0.39 is 0 Å². The van der Waals surface area contributed by atoms with Gasteiger partial charge < -0.3 is 5.32 Å². The molecule has 0 bridgehead atoms. The molecule has 0 aromatic heterocycles. The molecule has 0 rings (SSSR count). The fraction of sp³-hybridized carbons (Fsp3) is 0.786. The van der Waals surface area contributed by atoms with Crippen molar-refractivity contribution < 1.29 is 6.22 Å². The van der Waals surface area contributed by atoms with Gasteiger partial charge in [0, 0.05) is 14.4 Å². The number of hydrogen-bond donors (Lipinski definition) is 1. The molecule has 98 valence electrons. The van der Waals surface area contributed by atoms with Crippen LogP contribution in [0.1, 0.15) is 67.6 Å². The van der Waals surface area contributed by atoms with E-state index in [2.05, 4.69) is 32.7 Å². The highest BCUT2D eigenvalue weighted by atomic mass is 16.1. The molecule has 16 heavy (non-hydrogen) atoms. The summed E-state index contributed by atoms with van der Waals surface area (Å²) >= 11 is 0. The fourth-order valence-electron chi connectivity index (χ4n) is 1.15. The third-order valence-corrected chi connectivity index (χ3v) is 2.23. The smallest absolute Gasteiger partial charge is 0.219 e. The molecule has 0 fully saturated rings. The Morgan fingerprint density at radius 2 is 1.75 bits per heavy atom. The van der Waals surface area contributed by atoms with Crippen LogP contribution in [0.2, 0.25) is 0 Å². The summed E-state index contributed by atoms with van der Waals surface area (Å²) in [5.41, 5.74) is 1.38. The number of unbranched alkanes of at least 4 members (excludes halogenated alkanes) is 1. The Bertz CT molecular complexity index is 181. The zero-order valence-electron chi connectivity index (χ0n) is 11.6. The van der Waals surface area contributed by atoms with Crippen LogP contribution < -0.4 is 5.32 Å². The molecular formula is C14H31NO. The molecule has 2 heteroatoms. The first kappa shape index (κ1) is 17.6. The van der Waals surface area contributed by atoms with Crippen LogP contribution in [0.3, 0.4) is 0 Å². The number of allylic oxidation sites excluding steroid dienone is 1. The van der Waals surface area contributed by atoms with Gasteiger partial charge in [0.05, 0.1) is 0 Å². The second-order valence-corrected chi connectivity index (χ2v) is 3.91. The number of amides is 1. The minimum Gasteiger partial charge on any atom is -0.356 e. The lowest BCUT2D eigenvalue weighted by Crippen LogP contribution is -2.21. The first-order valence-electron chi connectivity index (χ1n) is 6.55. The Morgan fingerprint density at radius 1 is 1.12 bits per heavy atom. The quantitative estimate of drug-likeness (QED) is 0.647. The van der Waals surface area contributed by atoms with Gasteiger partial charge in [-0.15, -0.1) is 0 Å². The van der Waals surface area contributed by atoms with Crippen molar-refractivity contribution in [2.45, 2.75) is 66.2 Å². The zero-order chi connectivity index (χ0) is 12.8. The minimum absolute atomic E-state index is 0. The largest absolute Gasteiger partial charge is 0.356 e. The SMILES string of the molecule is C=C(CC)CCC.CCCCC(=O)NCC.[HH]. The Hall–Kier alpha value is -0.790. The molecule has 1 N–H and O–H groups in total. The minimum atomic E-state index is 0. The second-order valence-electron chi connectivity index (χ2n) is 3.91. The van der Waals surface area contributed by atoms with Gasteiger partial charge in [0.2, 0.25) is 5.91 Å². The standard InChI is InChI=1S/C7H15NO.C7H14.H2/c1-3-5-6-7(9)8-4-2;1-4-6-7(3)5-2;/h3-6H2,1-2H3,(H,8,9);3-6H2,1-2H3;1H. The van der Waals surface area contributed by atoms with Gasteiger partial charge in [-0.1, -0.05) is 45.8 Å². The average Bonchev–Trinajstić information content (AvgIpc) is 2.28. The number of carbonyl (C=O) groups is 1. The van der Waals surface area contributed by atoms with E-state index in [0.29, 0.717) is 6.42 Å². The Labute approximate surface area is 103 Å². The second kappa shape index (κ2) is 14.2. The first-order valence-corrected chi connectivity index (χ1v) is 6.55. The van der Waals surface area contributed by atoms with E-state index in [1.165, 1.54) is 18.4 Å². The van der Waals surface area contributed by atoms with E-state index in [9.17, 15) is 4.79 Å². The molecule has 1 amide bonds. The van der Waals surface area contributed by atoms with E-state index >= 15 is 0 Å². The molecule has 0 aliphatic heterocycles. The van der Waals surface area contributed by atoms with Gasteiger partial charge >= 0.3 is 0 Å². The molecule has 0 saturated heterocycles. The van der Waals surface area contributed by atoms with Crippen LogP contribution in [-0.4, -0.2) is 12.5 Å². The number of hydrogen-bond acceptors (Lipinski definition) is 1. The lowest BCUT2D eigenvalue weighted by atomic mass is 10.1. The summed E-state index contributed by atoms with van der Waals surface area (Å²) in [7, 11) is 0. The van der Waals surface area contributed by atoms with Crippen LogP contribution in [0.15, 0.2) is 12.2 Å². The summed E-state index contributed by atoms with van der Waals surface area (Å²) in [4.78, 5) is 10.7. The summed E-state index contributed by atoms with van der Waals surface area (Å²) in [6.45, 7) is 13.0. The fourth-order valence-corrected chi connectivity index (χ4v) is 1.15. The van der Waals surface area contributed by atoms with Gasteiger partial charge in [0.1, 0.15) is 0 Å². The van der Waals surface area contributed by atoms with Gasteiger partial charge in [-0.25, -0.2) is 0 Å². The number of carbonyl (C=O) groups excluding carboxylic acids is 1. The van der Waals surface area contributed by atoms with Crippen molar-refractivity contribution in [3.8, 4) is 0 Å². The maximum atomic E-state index is 10.7. The Kier molecular flexibility index (Phi) is 15.6. The van der Waals surface area contributed by atoms with E-state index in [1.54, 1.807) is 0 Å². The van der Waals surface area contributed by atoms with E-state index in [-0.39, 0.29) is 7.33 Å². The first-order chi connectivity index (χ1) is 7.62. The van der Waals surface area contributed by atoms with Crippen LogP contribution in [-0.2, 0) is 4.79 Å². The lowest BCUT2D eigenvalue weighted by Gasteiger charge is -1.98. The van der Waals surface area contributed by atoms with Crippen molar-refractivity contribution in [3.63, 3.8) is 0 Å². The lowest BCUT2D eigenvalue weighted by molar-refractivity contribution is -0.121. The van der Waals surface area contributed by atoms with Crippen LogP contribution in [0.5, 0.6) is 0 Å². The van der Waals surface area contributed by atoms with Gasteiger partial charge in [-0.05, 0) is 26.2 Å². The molecule has 0 aliphatic carbocycles. The third kappa shape index (κ3) is 15.7. The number of nitrogens with one attached hydrogen (secondary N) is 1. The monoisotopic (exact) mass is 229 g/mol. The van der Waals surface area contributed by atoms with E-state index in [1.807, 2.05) is 6.92 Å². The summed E-state index contributed by atoms with van der Waals surface area (Å²) in [6, 6.07) is 0. The highest BCUT2D eigenvalue weighted by molar-refractivity contribution is 5.75. The summed E-state index contributed by atoms with van der Waals surface area (Å²) in [6.07, 6.45) is 6.38. The molecule has 0 saturated carbocycles. The Morgan fingerprint density at radius 3 is 2.06 bits per heavy atom. The van der Waals surface area contributed by atoms with Crippen LogP contribution >= 0.6 is 0 Å². The molecule has 0 aliphatic rings. The van der Waals surface area contributed by atoms with Crippen molar-refractivity contribution >= 4 is 5.91 Å². The molecule has 0 atom stereocenters. The summed E-state index contributed by atoms with van der Waals surface area (Å²) in [5, 5.41) is 2.74. The molecule has 0 aromatic carbocycles. The van der Waals surface area contributed by atoms with Crippen LogP contribution in [0.25, 0.3) is 0 Å². The van der Waals surface area contributed by atoms with Crippen molar-refractivity contribution in [3.05, 3.63) is 12.2 Å². The molecule has 0 heterocycles. The normalized spacial score (nSPS) is 9.00. The van der Waals surface area contributed by atoms with Gasteiger partial charge in [0.15, 0.2) is 0 Å². The molecule has 2 nitrogen and oxygen atoms in total. The van der Waals surface area contributed by atoms with Crippen molar-refractivity contribution in [2.75, 3.05) is 6.54 Å². The van der Waals surface area contributed by atoms with E-state index in [0.717, 1.165) is 25.8 Å². The predicted molar refractivity (Wildman–Crippen MR) is 74.7 cm³/mol. The molecule has 0 unspecified atom stereocenters. The molecule has 0 aromatic rings. The van der Waals surface area contributed by atoms with Crippen LogP contribution in [0, 0.1) is 0 Å². The summed E-state index contributed by atoms with van der Waals surface area (Å²) < 4.78 is 0. The molecular weight excluding hydrogens is 198 g/mol. The Balaban J connectivity index is -0.000000224. The van der Waals surface area contributed by atoms with Gasteiger partial charge in [-0.2, -0.15) is 0 Å². The molecule has 0 spiro atoms. The zero-order valence-corrected chi connectivity index (χ0v) is 11.6. The summed E-state index contributed by atoms with van der Waals surface area (Å²) in [5.74, 6) is 0.180.